The predicted molar refractivity (Wildman–Crippen MR) is 79.7 cm³/mol. The number of hydrogen-bond donors (Lipinski definition) is 0. The van der Waals surface area contributed by atoms with Crippen molar-refractivity contribution >= 4 is 23.2 Å². The van der Waals surface area contributed by atoms with Gasteiger partial charge in [-0.05, 0) is 24.1 Å². The molecule has 0 heterocycles. The molecule has 0 aliphatic rings. The van der Waals surface area contributed by atoms with E-state index < -0.39 is 0 Å². The zero-order chi connectivity index (χ0) is 14.6. The molecule has 0 spiro atoms. The van der Waals surface area contributed by atoms with Crippen molar-refractivity contribution in [3.05, 3.63) is 0 Å². The largest absolute Gasteiger partial charge is 0.470 e. The van der Waals surface area contributed by atoms with Gasteiger partial charge in [-0.15, -0.1) is 0 Å². The summed E-state index contributed by atoms with van der Waals surface area (Å²) in [6.07, 6.45) is 1.29. The van der Waals surface area contributed by atoms with Gasteiger partial charge < -0.3 is 9.64 Å². The quantitative estimate of drug-likeness (QED) is 0.719. The highest BCUT2D eigenvalue weighted by molar-refractivity contribution is 7.80. The first-order chi connectivity index (χ1) is 7.96. The minimum atomic E-state index is -0.304. The zero-order valence-corrected chi connectivity index (χ0v) is 13.6. The third kappa shape index (κ3) is 6.94. The second-order valence-electron chi connectivity index (χ2n) is 6.80. The molecule has 0 atom stereocenters. The van der Waals surface area contributed by atoms with E-state index in [-0.39, 0.29) is 16.6 Å². The summed E-state index contributed by atoms with van der Waals surface area (Å²) in [4.78, 5) is 13.9. The molecular formula is C14H27NO2S. The highest BCUT2D eigenvalue weighted by Crippen LogP contribution is 2.34. The van der Waals surface area contributed by atoms with E-state index in [1.807, 2.05) is 27.9 Å². The van der Waals surface area contributed by atoms with Gasteiger partial charge in [-0.1, -0.05) is 34.6 Å². The van der Waals surface area contributed by atoms with Gasteiger partial charge >= 0.3 is 0 Å². The van der Waals surface area contributed by atoms with Gasteiger partial charge in [-0.25, -0.2) is 0 Å². The molecule has 0 radical (unpaired) electrons. The van der Waals surface area contributed by atoms with E-state index in [1.54, 1.807) is 4.90 Å². The Kier molecular flexibility index (Phi) is 6.27. The molecule has 0 fully saturated rings. The van der Waals surface area contributed by atoms with Gasteiger partial charge in [-0.2, -0.15) is 0 Å². The number of carbonyl (C=O) groups is 1. The third-order valence-corrected chi connectivity index (χ3v) is 3.13. The van der Waals surface area contributed by atoms with Crippen LogP contribution in [0.25, 0.3) is 0 Å². The van der Waals surface area contributed by atoms with Crippen molar-refractivity contribution in [1.82, 2.24) is 4.90 Å². The molecule has 0 aromatic rings. The fourth-order valence-corrected chi connectivity index (χ4v) is 2.21. The standard InChI is InChI=1S/C14H27NO2S/c1-13(2,3)10-14(4,5)11(16)8-9-17-12(18)15(6)7/h8-10H2,1-7H3. The molecule has 0 amide bonds. The molecule has 0 saturated heterocycles. The lowest BCUT2D eigenvalue weighted by Gasteiger charge is -2.31. The van der Waals surface area contributed by atoms with Crippen LogP contribution in [0.5, 0.6) is 0 Å². The first-order valence-electron chi connectivity index (χ1n) is 6.33. The molecular weight excluding hydrogens is 246 g/mol. The molecule has 4 heteroatoms. The Morgan fingerprint density at radius 2 is 1.67 bits per heavy atom. The molecule has 0 bridgehead atoms. The van der Waals surface area contributed by atoms with Gasteiger partial charge in [0, 0.05) is 25.9 Å². The van der Waals surface area contributed by atoms with Crippen molar-refractivity contribution in [1.29, 1.82) is 0 Å². The molecule has 18 heavy (non-hydrogen) atoms. The molecule has 0 unspecified atom stereocenters. The normalized spacial score (nSPS) is 12.2. The van der Waals surface area contributed by atoms with Crippen molar-refractivity contribution in [3.8, 4) is 0 Å². The van der Waals surface area contributed by atoms with Gasteiger partial charge in [0.15, 0.2) is 0 Å². The van der Waals surface area contributed by atoms with Crippen molar-refractivity contribution < 1.29 is 9.53 Å². The maximum absolute atomic E-state index is 12.2. The van der Waals surface area contributed by atoms with Crippen LogP contribution < -0.4 is 0 Å². The molecule has 0 aliphatic carbocycles. The number of Topliss-reactive ketones (excluding diaryl/α,β-unsaturated/α-hetero) is 1. The van der Waals surface area contributed by atoms with Crippen molar-refractivity contribution in [3.63, 3.8) is 0 Å². The lowest BCUT2D eigenvalue weighted by Crippen LogP contribution is -2.31. The minimum Gasteiger partial charge on any atom is -0.470 e. The lowest BCUT2D eigenvalue weighted by molar-refractivity contribution is -0.129. The Balaban J connectivity index is 4.20. The molecule has 106 valence electrons. The number of thiocarbonyl (C=S) groups is 1. The van der Waals surface area contributed by atoms with Crippen molar-refractivity contribution in [2.75, 3.05) is 20.7 Å². The van der Waals surface area contributed by atoms with Crippen molar-refractivity contribution in [2.45, 2.75) is 47.5 Å². The topological polar surface area (TPSA) is 29.5 Å². The molecule has 0 aromatic heterocycles. The van der Waals surface area contributed by atoms with Crippen LogP contribution in [0.3, 0.4) is 0 Å². The second-order valence-corrected chi connectivity index (χ2v) is 7.15. The summed E-state index contributed by atoms with van der Waals surface area (Å²) in [5.74, 6) is 0.235. The van der Waals surface area contributed by atoms with Gasteiger partial charge in [0.2, 0.25) is 0 Å². The average Bonchev–Trinajstić information content (AvgIpc) is 2.13. The fraction of sp³-hybridized carbons (Fsp3) is 0.857. The maximum atomic E-state index is 12.2. The summed E-state index contributed by atoms with van der Waals surface area (Å²) in [5.41, 5.74) is -0.152. The van der Waals surface area contributed by atoms with Crippen LogP contribution in [-0.4, -0.2) is 36.6 Å². The van der Waals surface area contributed by atoms with Crippen LogP contribution in [0, 0.1) is 10.8 Å². The molecule has 0 rings (SSSR count). The Morgan fingerprint density at radius 3 is 2.06 bits per heavy atom. The monoisotopic (exact) mass is 273 g/mol. The number of ether oxygens (including phenoxy) is 1. The second kappa shape index (κ2) is 6.50. The number of ketones is 1. The predicted octanol–water partition coefficient (Wildman–Crippen LogP) is 3.27. The van der Waals surface area contributed by atoms with Crippen LogP contribution in [-0.2, 0) is 9.53 Å². The fourth-order valence-electron chi connectivity index (χ4n) is 2.12. The maximum Gasteiger partial charge on any atom is 0.258 e. The first-order valence-corrected chi connectivity index (χ1v) is 6.74. The third-order valence-electron chi connectivity index (χ3n) is 2.65. The van der Waals surface area contributed by atoms with Gasteiger partial charge in [-0.3, -0.25) is 4.79 Å². The van der Waals surface area contributed by atoms with E-state index in [0.717, 1.165) is 6.42 Å². The molecule has 0 aromatic carbocycles. The minimum absolute atomic E-state index is 0.152. The molecule has 3 nitrogen and oxygen atoms in total. The van der Waals surface area contributed by atoms with Crippen LogP contribution in [0.2, 0.25) is 0 Å². The Bertz CT molecular complexity index is 303. The highest BCUT2D eigenvalue weighted by atomic mass is 32.1. The first kappa shape index (κ1) is 17.4. The van der Waals surface area contributed by atoms with E-state index in [2.05, 4.69) is 20.8 Å². The van der Waals surface area contributed by atoms with Crippen LogP contribution >= 0.6 is 12.2 Å². The van der Waals surface area contributed by atoms with Crippen LogP contribution in [0.15, 0.2) is 0 Å². The van der Waals surface area contributed by atoms with E-state index in [9.17, 15) is 4.79 Å². The molecule has 0 aliphatic heterocycles. The number of carbonyl (C=O) groups excluding carboxylic acids is 1. The summed E-state index contributed by atoms with van der Waals surface area (Å²) in [6, 6.07) is 0. The Hall–Kier alpha value is -0.640. The summed E-state index contributed by atoms with van der Waals surface area (Å²) in [5, 5.41) is 0.427. The summed E-state index contributed by atoms with van der Waals surface area (Å²) >= 11 is 5.00. The van der Waals surface area contributed by atoms with Crippen LogP contribution in [0.1, 0.15) is 47.5 Å². The summed E-state index contributed by atoms with van der Waals surface area (Å²) in [7, 11) is 3.65. The van der Waals surface area contributed by atoms with Crippen LogP contribution in [0.4, 0.5) is 0 Å². The number of hydrogen-bond acceptors (Lipinski definition) is 3. The Labute approximate surface area is 117 Å². The van der Waals surface area contributed by atoms with E-state index in [0.29, 0.717) is 18.2 Å². The van der Waals surface area contributed by atoms with Gasteiger partial charge in [0.05, 0.1) is 6.61 Å². The van der Waals surface area contributed by atoms with Crippen molar-refractivity contribution in [2.24, 2.45) is 10.8 Å². The Morgan fingerprint density at radius 1 is 1.17 bits per heavy atom. The lowest BCUT2D eigenvalue weighted by atomic mass is 9.73. The number of rotatable bonds is 5. The SMILES string of the molecule is CN(C)C(=S)OCCC(=O)C(C)(C)CC(C)(C)C. The van der Waals surface area contributed by atoms with E-state index in [4.69, 9.17) is 17.0 Å². The molecule has 0 N–H and O–H groups in total. The smallest absolute Gasteiger partial charge is 0.258 e. The highest BCUT2D eigenvalue weighted by Gasteiger charge is 2.31. The van der Waals surface area contributed by atoms with Gasteiger partial charge in [0.25, 0.3) is 5.17 Å². The van der Waals surface area contributed by atoms with E-state index >= 15 is 0 Å². The van der Waals surface area contributed by atoms with Gasteiger partial charge in [0.1, 0.15) is 5.78 Å². The number of nitrogens with zero attached hydrogens (tertiary/aromatic N) is 1. The molecule has 0 saturated carbocycles. The summed E-state index contributed by atoms with van der Waals surface area (Å²) < 4.78 is 5.34. The average molecular weight is 273 g/mol. The zero-order valence-electron chi connectivity index (χ0n) is 12.8. The van der Waals surface area contributed by atoms with E-state index in [1.165, 1.54) is 0 Å². The summed E-state index contributed by atoms with van der Waals surface area (Å²) in [6.45, 7) is 10.8.